The van der Waals surface area contributed by atoms with Crippen LogP contribution in [0.4, 0.5) is 5.69 Å². The van der Waals surface area contributed by atoms with E-state index >= 15 is 0 Å². The molecule has 1 aliphatic rings. The third kappa shape index (κ3) is 3.65. The Morgan fingerprint density at radius 1 is 1.48 bits per heavy atom. The van der Waals surface area contributed by atoms with Gasteiger partial charge in [-0.05, 0) is 56.4 Å². The van der Waals surface area contributed by atoms with Gasteiger partial charge < -0.3 is 9.64 Å². The predicted molar refractivity (Wildman–Crippen MR) is 96.4 cm³/mol. The summed E-state index contributed by atoms with van der Waals surface area (Å²) >= 11 is 6.20. The highest BCUT2D eigenvalue weighted by Crippen LogP contribution is 2.45. The zero-order valence-electron chi connectivity index (χ0n) is 14.9. The summed E-state index contributed by atoms with van der Waals surface area (Å²) in [5.41, 5.74) is 2.24. The summed E-state index contributed by atoms with van der Waals surface area (Å²) in [4.78, 5) is 14.7. The van der Waals surface area contributed by atoms with Gasteiger partial charge in [0, 0.05) is 16.2 Å². The predicted octanol–water partition coefficient (Wildman–Crippen LogP) is 5.16. The molecule has 1 aromatic carbocycles. The van der Waals surface area contributed by atoms with Gasteiger partial charge in [-0.15, -0.1) is 0 Å². The molecule has 0 fully saturated rings. The van der Waals surface area contributed by atoms with Crippen molar-refractivity contribution < 1.29 is 9.53 Å². The number of fused-ring (bicyclic) bond motifs is 1. The third-order valence-electron chi connectivity index (χ3n) is 4.85. The molecule has 3 nitrogen and oxygen atoms in total. The van der Waals surface area contributed by atoms with Crippen molar-refractivity contribution in [1.29, 1.82) is 0 Å². The van der Waals surface area contributed by atoms with Gasteiger partial charge >= 0.3 is 5.97 Å². The number of benzene rings is 1. The maximum Gasteiger partial charge on any atom is 0.328 e. The van der Waals surface area contributed by atoms with E-state index in [1.807, 2.05) is 12.1 Å². The summed E-state index contributed by atoms with van der Waals surface area (Å²) in [7, 11) is 1.48. The maximum absolute atomic E-state index is 12.5. The number of esters is 1. The van der Waals surface area contributed by atoms with Gasteiger partial charge in [-0.3, -0.25) is 0 Å². The van der Waals surface area contributed by atoms with Gasteiger partial charge in [0.1, 0.15) is 6.04 Å². The molecule has 0 saturated heterocycles. The Kier molecular flexibility index (Phi) is 5.61. The van der Waals surface area contributed by atoms with Crippen molar-refractivity contribution in [1.82, 2.24) is 0 Å². The molecule has 23 heavy (non-hydrogen) atoms. The summed E-state index contributed by atoms with van der Waals surface area (Å²) in [6.07, 6.45) is 3.86. The molecule has 2 rings (SSSR count). The monoisotopic (exact) mass is 337 g/mol. The summed E-state index contributed by atoms with van der Waals surface area (Å²) in [6, 6.07) is 5.76. The fraction of sp³-hybridized carbons (Fsp3) is 0.632. The van der Waals surface area contributed by atoms with Crippen molar-refractivity contribution in [3.8, 4) is 0 Å². The second kappa shape index (κ2) is 7.12. The lowest BCUT2D eigenvalue weighted by Crippen LogP contribution is -2.56. The lowest BCUT2D eigenvalue weighted by Gasteiger charge is -2.50. The first-order chi connectivity index (χ1) is 10.8. The van der Waals surface area contributed by atoms with E-state index in [0.717, 1.165) is 36.4 Å². The molecule has 0 radical (unpaired) electrons. The van der Waals surface area contributed by atoms with Crippen molar-refractivity contribution in [3.05, 3.63) is 28.8 Å². The summed E-state index contributed by atoms with van der Waals surface area (Å²) < 4.78 is 5.11. The average molecular weight is 338 g/mol. The lowest BCUT2D eigenvalue weighted by atomic mass is 9.78. The normalized spacial score (nSPS) is 20.8. The van der Waals surface area contributed by atoms with Crippen LogP contribution in [0.15, 0.2) is 18.2 Å². The minimum atomic E-state index is -0.248. The SMILES string of the molecule is CCCCC(C(=O)OC)N1c2ccc(Cl)cc2C(C)CC1(C)C. The number of nitrogens with zero attached hydrogens (tertiary/aromatic N) is 1. The Labute approximate surface area is 145 Å². The van der Waals surface area contributed by atoms with Crippen molar-refractivity contribution in [2.45, 2.75) is 70.9 Å². The van der Waals surface area contributed by atoms with E-state index in [1.54, 1.807) is 0 Å². The number of carbonyl (C=O) groups is 1. The van der Waals surface area contributed by atoms with Gasteiger partial charge in [0.25, 0.3) is 0 Å². The molecule has 0 saturated carbocycles. The second-order valence-electron chi connectivity index (χ2n) is 7.17. The van der Waals surface area contributed by atoms with Gasteiger partial charge in [0.15, 0.2) is 0 Å². The van der Waals surface area contributed by atoms with E-state index in [9.17, 15) is 4.79 Å². The molecule has 0 amide bonds. The zero-order chi connectivity index (χ0) is 17.2. The zero-order valence-corrected chi connectivity index (χ0v) is 15.6. The molecule has 0 N–H and O–H groups in total. The van der Waals surface area contributed by atoms with Crippen LogP contribution in [0, 0.1) is 0 Å². The molecule has 2 atom stereocenters. The van der Waals surface area contributed by atoms with Crippen LogP contribution in [0.1, 0.15) is 64.9 Å². The highest BCUT2D eigenvalue weighted by molar-refractivity contribution is 6.30. The van der Waals surface area contributed by atoms with Crippen LogP contribution in [0.2, 0.25) is 5.02 Å². The summed E-state index contributed by atoms with van der Waals surface area (Å²) in [6.45, 7) is 8.80. The Morgan fingerprint density at radius 3 is 2.78 bits per heavy atom. The third-order valence-corrected chi connectivity index (χ3v) is 5.09. The second-order valence-corrected chi connectivity index (χ2v) is 7.61. The molecule has 0 aliphatic carbocycles. The summed E-state index contributed by atoms with van der Waals surface area (Å²) in [5.74, 6) is 0.265. The van der Waals surface area contributed by atoms with E-state index in [4.69, 9.17) is 16.3 Å². The molecule has 1 heterocycles. The van der Waals surface area contributed by atoms with E-state index in [2.05, 4.69) is 38.7 Å². The number of rotatable bonds is 5. The van der Waals surface area contributed by atoms with Crippen LogP contribution in [0.25, 0.3) is 0 Å². The van der Waals surface area contributed by atoms with E-state index in [0.29, 0.717) is 5.92 Å². The van der Waals surface area contributed by atoms with Gasteiger partial charge in [-0.2, -0.15) is 0 Å². The lowest BCUT2D eigenvalue weighted by molar-refractivity contribution is -0.142. The number of methoxy groups -OCH3 is 1. The molecule has 0 spiro atoms. The number of hydrogen-bond donors (Lipinski definition) is 0. The number of ether oxygens (including phenoxy) is 1. The van der Waals surface area contributed by atoms with Gasteiger partial charge in [-0.25, -0.2) is 4.79 Å². The van der Waals surface area contributed by atoms with Crippen LogP contribution in [0.5, 0.6) is 0 Å². The minimum absolute atomic E-state index is 0.104. The van der Waals surface area contributed by atoms with E-state index in [1.165, 1.54) is 12.7 Å². The van der Waals surface area contributed by atoms with Crippen molar-refractivity contribution >= 4 is 23.3 Å². The summed E-state index contributed by atoms with van der Waals surface area (Å²) in [5, 5.41) is 0.749. The van der Waals surface area contributed by atoms with Crippen LogP contribution < -0.4 is 4.90 Å². The molecular weight excluding hydrogens is 310 g/mol. The van der Waals surface area contributed by atoms with Gasteiger partial charge in [0.05, 0.1) is 7.11 Å². The first-order valence-electron chi connectivity index (χ1n) is 8.48. The number of anilines is 1. The molecule has 1 aliphatic heterocycles. The first-order valence-corrected chi connectivity index (χ1v) is 8.86. The van der Waals surface area contributed by atoms with Crippen molar-refractivity contribution in [3.63, 3.8) is 0 Å². The number of hydrogen-bond acceptors (Lipinski definition) is 3. The van der Waals surface area contributed by atoms with E-state index < -0.39 is 0 Å². The topological polar surface area (TPSA) is 29.5 Å². The first kappa shape index (κ1) is 18.1. The van der Waals surface area contributed by atoms with Crippen molar-refractivity contribution in [2.75, 3.05) is 12.0 Å². The highest BCUT2D eigenvalue weighted by atomic mass is 35.5. The molecule has 128 valence electrons. The Balaban J connectivity index is 2.52. The number of carbonyl (C=O) groups excluding carboxylic acids is 1. The smallest absolute Gasteiger partial charge is 0.328 e. The fourth-order valence-corrected chi connectivity index (χ4v) is 4.08. The van der Waals surface area contributed by atoms with E-state index in [-0.39, 0.29) is 17.6 Å². The Bertz CT molecular complexity index is 570. The Morgan fingerprint density at radius 2 is 2.17 bits per heavy atom. The molecule has 2 unspecified atom stereocenters. The van der Waals surface area contributed by atoms with Crippen LogP contribution >= 0.6 is 11.6 Å². The van der Waals surface area contributed by atoms with Crippen molar-refractivity contribution in [2.24, 2.45) is 0 Å². The fourth-order valence-electron chi connectivity index (χ4n) is 3.90. The Hall–Kier alpha value is -1.22. The maximum atomic E-state index is 12.5. The van der Waals surface area contributed by atoms with Crippen LogP contribution in [-0.4, -0.2) is 24.7 Å². The number of halogens is 1. The van der Waals surface area contributed by atoms with Crippen LogP contribution in [-0.2, 0) is 9.53 Å². The largest absolute Gasteiger partial charge is 0.467 e. The van der Waals surface area contributed by atoms with Gasteiger partial charge in [-0.1, -0.05) is 38.3 Å². The molecule has 1 aromatic rings. The standard InChI is InChI=1S/C19H28ClNO2/c1-6-7-8-17(18(22)23-5)21-16-10-9-14(20)11-15(16)13(2)12-19(21,3)4/h9-11,13,17H,6-8,12H2,1-5H3. The quantitative estimate of drug-likeness (QED) is 0.695. The number of unbranched alkanes of at least 4 members (excludes halogenated alkanes) is 1. The highest BCUT2D eigenvalue weighted by Gasteiger charge is 2.42. The van der Waals surface area contributed by atoms with Crippen LogP contribution in [0.3, 0.4) is 0 Å². The molecule has 0 aromatic heterocycles. The molecule has 4 heteroatoms. The molecule has 0 bridgehead atoms. The minimum Gasteiger partial charge on any atom is -0.467 e. The molecular formula is C19H28ClNO2. The average Bonchev–Trinajstić information content (AvgIpc) is 2.49. The van der Waals surface area contributed by atoms with Gasteiger partial charge in [0.2, 0.25) is 0 Å².